The fourth-order valence-corrected chi connectivity index (χ4v) is 5.37. The van der Waals surface area contributed by atoms with Gasteiger partial charge in [0.05, 0.1) is 23.2 Å². The highest BCUT2D eigenvalue weighted by atomic mass is 32.2. The van der Waals surface area contributed by atoms with Gasteiger partial charge in [0.2, 0.25) is 5.89 Å². The Kier molecular flexibility index (Phi) is 6.36. The Hall–Kier alpha value is -2.03. The molecule has 1 aliphatic rings. The van der Waals surface area contributed by atoms with E-state index in [-0.39, 0.29) is 11.2 Å². The van der Waals surface area contributed by atoms with Crippen LogP contribution in [0.2, 0.25) is 0 Å². The molecule has 1 N–H and O–H groups in total. The van der Waals surface area contributed by atoms with E-state index in [2.05, 4.69) is 65.2 Å². The zero-order valence-corrected chi connectivity index (χ0v) is 19.3. The third-order valence-electron chi connectivity index (χ3n) is 5.07. The Bertz CT molecular complexity index is 999. The molecule has 0 spiro atoms. The van der Waals surface area contributed by atoms with Gasteiger partial charge in [-0.05, 0) is 43.6 Å². The largest absolute Gasteiger partial charge is 0.444 e. The lowest BCUT2D eigenvalue weighted by Crippen LogP contribution is -2.18. The summed E-state index contributed by atoms with van der Waals surface area (Å²) in [6, 6.07) is 8.46. The lowest BCUT2D eigenvalue weighted by Gasteiger charge is -2.14. The first-order chi connectivity index (χ1) is 14.4. The molecule has 1 saturated heterocycles. The van der Waals surface area contributed by atoms with Gasteiger partial charge < -0.3 is 9.73 Å². The van der Waals surface area contributed by atoms with Gasteiger partial charge in [-0.2, -0.15) is 0 Å². The molecule has 1 fully saturated rings. The Labute approximate surface area is 184 Å². The zero-order valence-electron chi connectivity index (χ0n) is 17.7. The molecule has 1 unspecified atom stereocenters. The van der Waals surface area contributed by atoms with Crippen molar-refractivity contribution in [1.29, 1.82) is 0 Å². The third kappa shape index (κ3) is 5.36. The van der Waals surface area contributed by atoms with E-state index in [1.54, 1.807) is 12.4 Å². The molecule has 3 aromatic rings. The third-order valence-corrected chi connectivity index (χ3v) is 7.64. The molecule has 8 heteroatoms. The second-order valence-corrected chi connectivity index (χ2v) is 11.4. The minimum Gasteiger partial charge on any atom is -0.444 e. The normalized spacial score (nSPS) is 16.1. The van der Waals surface area contributed by atoms with Crippen molar-refractivity contribution in [3.63, 3.8) is 0 Å². The first kappa shape index (κ1) is 21.2. The monoisotopic (exact) mass is 444 g/mol. The molecule has 0 bridgehead atoms. The van der Waals surface area contributed by atoms with Gasteiger partial charge in [-0.25, -0.2) is 9.97 Å². The van der Waals surface area contributed by atoms with Crippen molar-refractivity contribution in [3.8, 4) is 0 Å². The van der Waals surface area contributed by atoms with Crippen molar-refractivity contribution in [1.82, 2.24) is 14.9 Å². The molecule has 0 saturated carbocycles. The van der Waals surface area contributed by atoms with E-state index in [0.29, 0.717) is 10.1 Å². The highest BCUT2D eigenvalue weighted by Gasteiger charge is 2.21. The molecule has 1 aliphatic heterocycles. The maximum atomic E-state index is 12.7. The van der Waals surface area contributed by atoms with Crippen LogP contribution in [0.3, 0.4) is 0 Å². The number of hydrogen-bond donors (Lipinski definition) is 1. The zero-order chi connectivity index (χ0) is 21.1. The summed E-state index contributed by atoms with van der Waals surface area (Å²) in [6.07, 6.45) is 6.00. The first-order valence-electron chi connectivity index (χ1n) is 10.2. The number of nitrogens with one attached hydrogen (secondary N) is 1. The Morgan fingerprint density at radius 1 is 1.13 bits per heavy atom. The summed E-state index contributed by atoms with van der Waals surface area (Å²) in [5.41, 5.74) is 2.19. The van der Waals surface area contributed by atoms with Gasteiger partial charge in [0, 0.05) is 17.6 Å². The fourth-order valence-electron chi connectivity index (χ4n) is 3.35. The van der Waals surface area contributed by atoms with Crippen molar-refractivity contribution in [2.45, 2.75) is 55.5 Å². The second-order valence-electron chi connectivity index (χ2n) is 8.65. The van der Waals surface area contributed by atoms with E-state index in [1.807, 2.05) is 0 Å². The van der Waals surface area contributed by atoms with Crippen molar-refractivity contribution >= 4 is 33.0 Å². The van der Waals surface area contributed by atoms with E-state index >= 15 is 0 Å². The van der Waals surface area contributed by atoms with Gasteiger partial charge >= 0.3 is 0 Å². The summed E-state index contributed by atoms with van der Waals surface area (Å²) in [5, 5.41) is 4.04. The number of aromatic nitrogens is 2. The molecule has 4 rings (SSSR count). The number of likely N-dealkylation sites (tertiary alicyclic amines) is 1. The van der Waals surface area contributed by atoms with Crippen LogP contribution in [0.25, 0.3) is 0 Å². The molecule has 6 nitrogen and oxygen atoms in total. The quantitative estimate of drug-likeness (QED) is 0.548. The average Bonchev–Trinajstić information content (AvgIpc) is 3.44. The van der Waals surface area contributed by atoms with Gasteiger partial charge in [-0.1, -0.05) is 44.2 Å². The molecule has 0 aliphatic carbocycles. The van der Waals surface area contributed by atoms with Crippen molar-refractivity contribution in [2.24, 2.45) is 0 Å². The fraction of sp³-hybridized carbons (Fsp3) is 0.455. The summed E-state index contributed by atoms with van der Waals surface area (Å²) in [6.45, 7) is 9.60. The highest BCUT2D eigenvalue weighted by Crippen LogP contribution is 2.28. The van der Waals surface area contributed by atoms with Crippen molar-refractivity contribution in [3.05, 3.63) is 53.9 Å². The maximum absolute atomic E-state index is 12.7. The summed E-state index contributed by atoms with van der Waals surface area (Å²) in [7, 11) is -1.24. The van der Waals surface area contributed by atoms with Gasteiger partial charge in [0.25, 0.3) is 0 Å². The van der Waals surface area contributed by atoms with Crippen LogP contribution in [0.4, 0.5) is 10.8 Å². The Morgan fingerprint density at radius 2 is 1.87 bits per heavy atom. The number of thiazole rings is 1. The minimum absolute atomic E-state index is 0.113. The van der Waals surface area contributed by atoms with Crippen LogP contribution in [-0.2, 0) is 28.5 Å². The molecule has 0 amide bonds. The second kappa shape index (κ2) is 8.99. The van der Waals surface area contributed by atoms with Crippen molar-refractivity contribution in [2.75, 3.05) is 18.4 Å². The maximum Gasteiger partial charge on any atom is 0.207 e. The smallest absolute Gasteiger partial charge is 0.207 e. The predicted octanol–water partition coefficient (Wildman–Crippen LogP) is 5.08. The molecule has 1 aromatic carbocycles. The van der Waals surface area contributed by atoms with Gasteiger partial charge in [-0.3, -0.25) is 9.11 Å². The number of rotatable bonds is 7. The Balaban J connectivity index is 1.34. The molecule has 160 valence electrons. The van der Waals surface area contributed by atoms with Crippen LogP contribution in [0.1, 0.15) is 50.8 Å². The summed E-state index contributed by atoms with van der Waals surface area (Å²) in [5.74, 6) is 1.55. The minimum atomic E-state index is -1.24. The lowest BCUT2D eigenvalue weighted by atomic mass is 9.94. The summed E-state index contributed by atoms with van der Waals surface area (Å²) >= 11 is 1.40. The summed E-state index contributed by atoms with van der Waals surface area (Å²) < 4.78 is 19.2. The molecular formula is C22H28N4O2S2. The van der Waals surface area contributed by atoms with E-state index in [0.717, 1.165) is 23.1 Å². The number of hydrogen-bond acceptors (Lipinski definition) is 7. The lowest BCUT2D eigenvalue weighted by molar-refractivity contribution is 0.331. The molecule has 2 aromatic heterocycles. The van der Waals surface area contributed by atoms with Crippen LogP contribution in [0, 0.1) is 0 Å². The van der Waals surface area contributed by atoms with Crippen LogP contribution in [0.5, 0.6) is 0 Å². The molecule has 0 radical (unpaired) electrons. The van der Waals surface area contributed by atoms with Gasteiger partial charge in [0.1, 0.15) is 15.7 Å². The van der Waals surface area contributed by atoms with E-state index in [9.17, 15) is 4.21 Å². The number of oxazole rings is 1. The van der Waals surface area contributed by atoms with E-state index < -0.39 is 10.8 Å². The molecular weight excluding hydrogens is 416 g/mol. The van der Waals surface area contributed by atoms with Gasteiger partial charge in [0.15, 0.2) is 5.13 Å². The highest BCUT2D eigenvalue weighted by molar-refractivity contribution is 7.86. The number of benzene rings is 1. The molecule has 1 atom stereocenters. The van der Waals surface area contributed by atoms with E-state index in [4.69, 9.17) is 4.42 Å². The topological polar surface area (TPSA) is 71.3 Å². The molecule has 30 heavy (non-hydrogen) atoms. The summed E-state index contributed by atoms with van der Waals surface area (Å²) in [4.78, 5) is 11.1. The number of nitrogens with zero attached hydrogens (tertiary/aromatic N) is 3. The SMILES string of the molecule is CC(C)(C)c1cnc(CS(=O)c2cnc(Nc3ccc(CN4CCCC4)cc3)s2)o1. The average molecular weight is 445 g/mol. The van der Waals surface area contributed by atoms with Crippen LogP contribution >= 0.6 is 11.3 Å². The van der Waals surface area contributed by atoms with E-state index in [1.165, 1.54) is 42.8 Å². The predicted molar refractivity (Wildman–Crippen MR) is 122 cm³/mol. The van der Waals surface area contributed by atoms with Gasteiger partial charge in [-0.15, -0.1) is 0 Å². The standard InChI is InChI=1S/C22H28N4O2S2/c1-22(2,3)18-12-23-19(28-18)15-30(27)20-13-24-21(29-20)25-17-8-6-16(7-9-17)14-26-10-4-5-11-26/h6-9,12-13H,4-5,10-11,14-15H2,1-3H3,(H,24,25). The first-order valence-corrected chi connectivity index (χ1v) is 12.4. The number of anilines is 2. The van der Waals surface area contributed by atoms with Crippen LogP contribution in [-0.4, -0.2) is 32.2 Å². The van der Waals surface area contributed by atoms with Crippen molar-refractivity contribution < 1.29 is 8.63 Å². The van der Waals surface area contributed by atoms with Crippen LogP contribution < -0.4 is 5.32 Å². The molecule has 3 heterocycles. The van der Waals surface area contributed by atoms with Crippen LogP contribution in [0.15, 0.2) is 45.3 Å². The Morgan fingerprint density at radius 3 is 2.53 bits per heavy atom.